The minimum absolute atomic E-state index is 0.0179. The van der Waals surface area contributed by atoms with E-state index in [1.54, 1.807) is 29.2 Å². The zero-order chi connectivity index (χ0) is 30.5. The van der Waals surface area contributed by atoms with Crippen LogP contribution in [0, 0.1) is 0 Å². The first-order chi connectivity index (χ1) is 20.6. The maximum atomic E-state index is 13.5. The number of furan rings is 1. The highest BCUT2D eigenvalue weighted by atomic mass is 127. The summed E-state index contributed by atoms with van der Waals surface area (Å²) in [4.78, 5) is 27.2. The molecule has 0 saturated carbocycles. The minimum Gasteiger partial charge on any atom is -0.489 e. The summed E-state index contributed by atoms with van der Waals surface area (Å²) >= 11 is 2.23. The van der Waals surface area contributed by atoms with E-state index in [2.05, 4.69) is 27.3 Å². The number of carbonyl (C=O) groups is 2. The Morgan fingerprint density at radius 1 is 0.977 bits per heavy atom. The van der Waals surface area contributed by atoms with Gasteiger partial charge in [0.2, 0.25) is 15.9 Å². The molecule has 0 aliphatic carbocycles. The van der Waals surface area contributed by atoms with E-state index in [0.717, 1.165) is 23.3 Å². The smallest absolute Gasteiger partial charge is 0.322 e. The standard InChI is InChI=1S/C32H31IN2O7S/c33-32(29-19-25(22-42-29)18-28(31(37)38)34-43(39,40)27-10-5-2-6-11-27)16-7-17-35(32)30(36)20-23-12-14-24(15-13-23)21-41-26-8-3-1-4-9-26/h1-6,8-15,19,22,28,34H,7,16-18,20-21H2,(H,37,38). The number of likely N-dealkylation sites (tertiary alicyclic amines) is 1. The summed E-state index contributed by atoms with van der Waals surface area (Å²) in [6.45, 7) is 0.994. The third kappa shape index (κ3) is 7.46. The summed E-state index contributed by atoms with van der Waals surface area (Å²) in [5.74, 6) is -0.0291. The van der Waals surface area contributed by atoms with Gasteiger partial charge in [-0.15, -0.1) is 0 Å². The number of benzene rings is 3. The zero-order valence-electron chi connectivity index (χ0n) is 23.2. The van der Waals surface area contributed by atoms with E-state index >= 15 is 0 Å². The maximum Gasteiger partial charge on any atom is 0.322 e. The second-order valence-electron chi connectivity index (χ2n) is 10.4. The van der Waals surface area contributed by atoms with Gasteiger partial charge in [0.05, 0.1) is 17.6 Å². The highest BCUT2D eigenvalue weighted by Crippen LogP contribution is 2.46. The molecule has 1 fully saturated rings. The number of amides is 1. The summed E-state index contributed by atoms with van der Waals surface area (Å²) < 4.78 is 38.7. The van der Waals surface area contributed by atoms with E-state index in [4.69, 9.17) is 9.15 Å². The third-order valence-corrected chi connectivity index (χ3v) is 10.4. The molecule has 11 heteroatoms. The molecular weight excluding hydrogens is 683 g/mol. The van der Waals surface area contributed by atoms with Crippen molar-refractivity contribution >= 4 is 44.5 Å². The number of hydrogen-bond donors (Lipinski definition) is 2. The van der Waals surface area contributed by atoms with E-state index in [1.165, 1.54) is 18.4 Å². The van der Waals surface area contributed by atoms with Crippen LogP contribution in [0.3, 0.4) is 0 Å². The number of rotatable bonds is 12. The molecule has 0 spiro atoms. The van der Waals surface area contributed by atoms with Crippen molar-refractivity contribution in [1.29, 1.82) is 0 Å². The summed E-state index contributed by atoms with van der Waals surface area (Å²) in [5.41, 5.74) is 2.40. The van der Waals surface area contributed by atoms with Crippen LogP contribution in [-0.2, 0) is 42.6 Å². The molecule has 2 atom stereocenters. The van der Waals surface area contributed by atoms with E-state index in [9.17, 15) is 23.1 Å². The van der Waals surface area contributed by atoms with Gasteiger partial charge >= 0.3 is 5.97 Å². The number of halogens is 1. The molecule has 2 N–H and O–H groups in total. The first-order valence-electron chi connectivity index (χ1n) is 13.8. The Balaban J connectivity index is 1.23. The number of carbonyl (C=O) groups excluding carboxylic acids is 1. The minimum atomic E-state index is -4.04. The molecular formula is C32H31IN2O7S. The molecule has 3 aromatic carbocycles. The van der Waals surface area contributed by atoms with Crippen LogP contribution in [-0.4, -0.2) is 42.9 Å². The van der Waals surface area contributed by atoms with Crippen LogP contribution in [0.15, 0.2) is 107 Å². The van der Waals surface area contributed by atoms with Gasteiger partial charge in [-0.3, -0.25) is 9.59 Å². The molecule has 1 aliphatic rings. The highest BCUT2D eigenvalue weighted by molar-refractivity contribution is 14.1. The van der Waals surface area contributed by atoms with Crippen molar-refractivity contribution in [2.24, 2.45) is 0 Å². The summed E-state index contributed by atoms with van der Waals surface area (Å²) in [5, 5.41) is 9.75. The van der Waals surface area contributed by atoms with Crippen LogP contribution in [0.5, 0.6) is 5.75 Å². The van der Waals surface area contributed by atoms with Crippen LogP contribution >= 0.6 is 22.6 Å². The van der Waals surface area contributed by atoms with Crippen molar-refractivity contribution in [2.75, 3.05) is 6.54 Å². The Kier molecular flexibility index (Phi) is 9.52. The fourth-order valence-electron chi connectivity index (χ4n) is 5.02. The average Bonchev–Trinajstić information content (AvgIpc) is 3.65. The first-order valence-corrected chi connectivity index (χ1v) is 16.3. The summed E-state index contributed by atoms with van der Waals surface area (Å²) in [7, 11) is -4.04. The molecule has 224 valence electrons. The van der Waals surface area contributed by atoms with Crippen LogP contribution < -0.4 is 9.46 Å². The van der Waals surface area contributed by atoms with Crippen molar-refractivity contribution < 1.29 is 32.3 Å². The molecule has 2 heterocycles. The maximum absolute atomic E-state index is 13.5. The van der Waals surface area contributed by atoms with Crippen molar-refractivity contribution in [3.05, 3.63) is 120 Å². The number of carboxylic acid groups (broad SMARTS) is 1. The molecule has 4 aromatic rings. The summed E-state index contributed by atoms with van der Waals surface area (Å²) in [6, 6.07) is 25.3. The number of nitrogens with one attached hydrogen (secondary N) is 1. The van der Waals surface area contributed by atoms with Gasteiger partial charge in [0, 0.05) is 13.0 Å². The Morgan fingerprint density at radius 2 is 1.63 bits per heavy atom. The van der Waals surface area contributed by atoms with Gasteiger partial charge in [-0.25, -0.2) is 8.42 Å². The molecule has 9 nitrogen and oxygen atoms in total. The lowest BCUT2D eigenvalue weighted by Crippen LogP contribution is -2.42. The van der Waals surface area contributed by atoms with Crippen LogP contribution in [0.2, 0.25) is 0 Å². The average molecular weight is 715 g/mol. The normalized spacial score (nSPS) is 17.5. The molecule has 43 heavy (non-hydrogen) atoms. The second kappa shape index (κ2) is 13.3. The van der Waals surface area contributed by atoms with E-state index in [0.29, 0.717) is 30.9 Å². The van der Waals surface area contributed by atoms with Crippen LogP contribution in [0.25, 0.3) is 0 Å². The lowest BCUT2D eigenvalue weighted by molar-refractivity contribution is -0.139. The number of alkyl halides is 1. The van der Waals surface area contributed by atoms with E-state index in [-0.39, 0.29) is 23.6 Å². The van der Waals surface area contributed by atoms with Crippen LogP contribution in [0.1, 0.15) is 35.3 Å². The van der Waals surface area contributed by atoms with Gasteiger partial charge in [-0.1, -0.05) is 60.7 Å². The largest absolute Gasteiger partial charge is 0.489 e. The number of carboxylic acids is 1. The second-order valence-corrected chi connectivity index (χ2v) is 13.9. The number of hydrogen-bond acceptors (Lipinski definition) is 6. The Morgan fingerprint density at radius 3 is 2.30 bits per heavy atom. The van der Waals surface area contributed by atoms with Crippen molar-refractivity contribution in [1.82, 2.24) is 9.62 Å². The molecule has 1 amide bonds. The van der Waals surface area contributed by atoms with Gasteiger partial charge in [0.25, 0.3) is 0 Å². The monoisotopic (exact) mass is 714 g/mol. The number of para-hydroxylation sites is 1. The van der Waals surface area contributed by atoms with Gasteiger partial charge < -0.3 is 19.2 Å². The van der Waals surface area contributed by atoms with Gasteiger partial charge in [-0.05, 0) is 82.5 Å². The molecule has 0 bridgehead atoms. The number of nitrogens with zero attached hydrogens (tertiary/aromatic N) is 1. The van der Waals surface area contributed by atoms with Crippen LogP contribution in [0.4, 0.5) is 0 Å². The van der Waals surface area contributed by atoms with Gasteiger partial charge in [0.15, 0.2) is 3.55 Å². The highest BCUT2D eigenvalue weighted by Gasteiger charge is 2.45. The fraction of sp³-hybridized carbons (Fsp3) is 0.250. The van der Waals surface area contributed by atoms with E-state index < -0.39 is 25.6 Å². The van der Waals surface area contributed by atoms with E-state index in [1.807, 2.05) is 54.6 Å². The molecule has 1 aliphatic heterocycles. The molecule has 2 unspecified atom stereocenters. The summed E-state index contributed by atoms with van der Waals surface area (Å²) in [6.07, 6.45) is 2.99. The van der Waals surface area contributed by atoms with Crippen molar-refractivity contribution in [2.45, 2.75) is 46.8 Å². The fourth-order valence-corrected chi connectivity index (χ4v) is 7.41. The van der Waals surface area contributed by atoms with Gasteiger partial charge in [-0.2, -0.15) is 4.72 Å². The first kappa shape index (κ1) is 30.8. The quantitative estimate of drug-likeness (QED) is 0.116. The SMILES string of the molecule is O=C(O)C(Cc1coc(C2(I)CCCN2C(=O)Cc2ccc(COc3ccccc3)cc2)c1)NS(=O)(=O)c1ccccc1. The Bertz CT molecular complexity index is 1660. The predicted molar refractivity (Wildman–Crippen MR) is 168 cm³/mol. The molecule has 1 aromatic heterocycles. The molecule has 0 radical (unpaired) electrons. The number of sulfonamides is 1. The third-order valence-electron chi connectivity index (χ3n) is 7.27. The van der Waals surface area contributed by atoms with Crippen molar-refractivity contribution in [3.63, 3.8) is 0 Å². The molecule has 5 rings (SSSR count). The Labute approximate surface area is 264 Å². The topological polar surface area (TPSA) is 126 Å². The Hall–Kier alpha value is -3.68. The predicted octanol–water partition coefficient (Wildman–Crippen LogP) is 5.29. The zero-order valence-corrected chi connectivity index (χ0v) is 26.2. The number of ether oxygens (including phenoxy) is 1. The van der Waals surface area contributed by atoms with Crippen molar-refractivity contribution in [3.8, 4) is 5.75 Å². The molecule has 1 saturated heterocycles. The number of aliphatic carboxylic acids is 1. The lowest BCUT2D eigenvalue weighted by Gasteiger charge is -2.32. The van der Waals surface area contributed by atoms with Gasteiger partial charge in [0.1, 0.15) is 24.2 Å². The lowest BCUT2D eigenvalue weighted by atomic mass is 10.1.